The standard InChI is InChI=1S/C31H32N2O5/c1-33-18-17-24(38-19-7-12-28(34)35)15-16-26(30(36)31(32)37)29(22-13-14-22)27(33)20-23-10-5-6-11-25(23)21-8-3-2-4-9-21/h2-6,8-11,15-18,22H,7,12-14,19-20H2,1H3,(H2,32,37)(H,34,35). The molecule has 0 saturated heterocycles. The molecule has 3 N–H and O–H groups in total. The number of aliphatic carboxylic acids is 1. The van der Waals surface area contributed by atoms with E-state index >= 15 is 0 Å². The minimum Gasteiger partial charge on any atom is -0.494 e. The maximum Gasteiger partial charge on any atom is 0.303 e. The molecule has 196 valence electrons. The zero-order valence-electron chi connectivity index (χ0n) is 21.4. The minimum atomic E-state index is -1.01. The number of nitrogens with two attached hydrogens (primary N) is 1. The van der Waals surface area contributed by atoms with Gasteiger partial charge in [0.25, 0.3) is 5.91 Å². The molecule has 0 radical (unpaired) electrons. The molecule has 0 spiro atoms. The number of primary amides is 1. The van der Waals surface area contributed by atoms with Gasteiger partial charge in [-0.3, -0.25) is 14.4 Å². The van der Waals surface area contributed by atoms with Crippen molar-refractivity contribution in [3.8, 4) is 16.9 Å². The molecule has 1 fully saturated rings. The lowest BCUT2D eigenvalue weighted by Crippen LogP contribution is -2.24. The Hall–Kier alpha value is -4.39. The van der Waals surface area contributed by atoms with E-state index in [4.69, 9.17) is 15.6 Å². The van der Waals surface area contributed by atoms with Gasteiger partial charge in [-0.1, -0.05) is 54.6 Å². The van der Waals surface area contributed by atoms with Gasteiger partial charge < -0.3 is 20.1 Å². The smallest absolute Gasteiger partial charge is 0.303 e. The number of ether oxygens (including phenoxy) is 1. The monoisotopic (exact) mass is 512 g/mol. The average Bonchev–Trinajstić information content (AvgIpc) is 3.75. The number of carboxylic acid groups (broad SMARTS) is 1. The minimum absolute atomic E-state index is 0.00347. The van der Waals surface area contributed by atoms with Crippen molar-refractivity contribution in [3.05, 3.63) is 101 Å². The number of amides is 1. The molecule has 0 atom stereocenters. The molecule has 7 heteroatoms. The number of hydrogen-bond acceptors (Lipinski definition) is 4. The van der Waals surface area contributed by atoms with Crippen LogP contribution < -0.4 is 10.5 Å². The fourth-order valence-electron chi connectivity index (χ4n) is 4.57. The average molecular weight is 513 g/mol. The Morgan fingerprint density at radius 1 is 0.974 bits per heavy atom. The number of rotatable bonds is 11. The number of Topliss-reactive ketones (excluding diaryl/α,β-unsaturated/α-hetero) is 1. The van der Waals surface area contributed by atoms with Crippen molar-refractivity contribution >= 4 is 17.7 Å². The Morgan fingerprint density at radius 2 is 1.68 bits per heavy atom. The van der Waals surface area contributed by atoms with Gasteiger partial charge in [-0.15, -0.1) is 0 Å². The van der Waals surface area contributed by atoms with Gasteiger partial charge in [0.1, 0.15) is 5.75 Å². The van der Waals surface area contributed by atoms with Gasteiger partial charge in [0, 0.05) is 37.3 Å². The van der Waals surface area contributed by atoms with Crippen molar-refractivity contribution in [2.24, 2.45) is 12.8 Å². The van der Waals surface area contributed by atoms with Crippen LogP contribution in [0, 0.1) is 0 Å². The highest BCUT2D eigenvalue weighted by Gasteiger charge is 2.32. The third-order valence-electron chi connectivity index (χ3n) is 6.62. The lowest BCUT2D eigenvalue weighted by Gasteiger charge is -2.17. The van der Waals surface area contributed by atoms with Crippen molar-refractivity contribution in [3.63, 3.8) is 0 Å². The van der Waals surface area contributed by atoms with Crippen molar-refractivity contribution in [1.29, 1.82) is 0 Å². The van der Waals surface area contributed by atoms with E-state index in [2.05, 4.69) is 24.3 Å². The fourth-order valence-corrected chi connectivity index (χ4v) is 4.57. The molecule has 38 heavy (non-hydrogen) atoms. The molecule has 1 amide bonds. The molecule has 0 bridgehead atoms. The highest BCUT2D eigenvalue weighted by molar-refractivity contribution is 6.42. The molecule has 4 rings (SSSR count). The molecule has 0 unspecified atom stereocenters. The first-order valence-corrected chi connectivity index (χ1v) is 12.7. The Labute approximate surface area is 222 Å². The first-order chi connectivity index (χ1) is 18.3. The molecule has 1 aliphatic rings. The normalized spacial score (nSPS) is 12.4. The Balaban J connectivity index is 1.86. The van der Waals surface area contributed by atoms with Gasteiger partial charge in [-0.25, -0.2) is 0 Å². The molecule has 1 saturated carbocycles. The number of benzene rings is 2. The van der Waals surface area contributed by atoms with E-state index in [0.717, 1.165) is 40.8 Å². The van der Waals surface area contributed by atoms with Crippen LogP contribution in [0.1, 0.15) is 58.8 Å². The second-order valence-corrected chi connectivity index (χ2v) is 9.45. The number of carbonyl (C=O) groups is 3. The first kappa shape index (κ1) is 26.7. The zero-order chi connectivity index (χ0) is 27.1. The second kappa shape index (κ2) is 12.2. The fraction of sp³-hybridized carbons (Fsp3) is 0.258. The molecule has 0 aliphatic heterocycles. The number of nitrogens with zero attached hydrogens (tertiary/aromatic N) is 1. The molecule has 7 nitrogen and oxygen atoms in total. The lowest BCUT2D eigenvalue weighted by molar-refractivity contribution is -0.137. The highest BCUT2D eigenvalue weighted by atomic mass is 16.5. The van der Waals surface area contributed by atoms with Crippen molar-refractivity contribution in [1.82, 2.24) is 4.57 Å². The summed E-state index contributed by atoms with van der Waals surface area (Å²) in [6, 6.07) is 23.3. The quantitative estimate of drug-likeness (QED) is 0.208. The zero-order valence-corrected chi connectivity index (χ0v) is 21.4. The van der Waals surface area contributed by atoms with Crippen LogP contribution >= 0.6 is 0 Å². The van der Waals surface area contributed by atoms with Crippen LogP contribution in [-0.4, -0.2) is 33.9 Å². The largest absolute Gasteiger partial charge is 0.494 e. The maximum absolute atomic E-state index is 13.1. The maximum atomic E-state index is 13.1. The number of carboxylic acids is 1. The first-order valence-electron chi connectivity index (χ1n) is 12.7. The van der Waals surface area contributed by atoms with E-state index in [9.17, 15) is 14.4 Å². The predicted octanol–water partition coefficient (Wildman–Crippen LogP) is 5.20. The van der Waals surface area contributed by atoms with Crippen molar-refractivity contribution < 1.29 is 24.2 Å². The van der Waals surface area contributed by atoms with E-state index in [0.29, 0.717) is 18.6 Å². The van der Waals surface area contributed by atoms with Gasteiger partial charge in [-0.05, 0) is 65.6 Å². The van der Waals surface area contributed by atoms with E-state index in [1.54, 1.807) is 18.2 Å². The number of hydrogen-bond donors (Lipinski definition) is 2. The number of carbonyl (C=O) groups excluding carboxylic acids is 2. The third kappa shape index (κ3) is 6.68. The van der Waals surface area contributed by atoms with Gasteiger partial charge in [0.15, 0.2) is 0 Å². The number of aromatic nitrogens is 1. The summed E-state index contributed by atoms with van der Waals surface area (Å²) in [6.45, 7) is 0.208. The molecule has 3 aromatic rings. The Bertz CT molecular complexity index is 1390. The molecule has 2 aromatic carbocycles. The summed E-state index contributed by atoms with van der Waals surface area (Å²) in [7, 11) is 1.92. The van der Waals surface area contributed by atoms with Crippen LogP contribution in [0.2, 0.25) is 0 Å². The van der Waals surface area contributed by atoms with Gasteiger partial charge in [0.2, 0.25) is 5.78 Å². The predicted molar refractivity (Wildman–Crippen MR) is 146 cm³/mol. The SMILES string of the molecule is Cn1ccc(OCCCC(=O)O)ccc(C(=O)C(N)=O)c(C2CC2)c1Cc1ccccc1-c1ccccc1. The lowest BCUT2D eigenvalue weighted by atomic mass is 9.92. The van der Waals surface area contributed by atoms with E-state index < -0.39 is 17.7 Å². The van der Waals surface area contributed by atoms with Crippen molar-refractivity contribution in [2.45, 2.75) is 38.0 Å². The Morgan fingerprint density at radius 3 is 2.37 bits per heavy atom. The second-order valence-electron chi connectivity index (χ2n) is 9.45. The summed E-state index contributed by atoms with van der Waals surface area (Å²) in [4.78, 5) is 36.0. The number of ketones is 1. The van der Waals surface area contributed by atoms with Crippen LogP contribution in [0.5, 0.6) is 5.75 Å². The molecule has 1 aliphatic carbocycles. The molecule has 1 heterocycles. The highest BCUT2D eigenvalue weighted by Crippen LogP contribution is 2.44. The van der Waals surface area contributed by atoms with Gasteiger partial charge >= 0.3 is 5.97 Å². The Kier molecular flexibility index (Phi) is 8.58. The summed E-state index contributed by atoms with van der Waals surface area (Å²) in [5.74, 6) is -2.03. The van der Waals surface area contributed by atoms with Crippen LogP contribution in [0.25, 0.3) is 11.1 Å². The summed E-state index contributed by atoms with van der Waals surface area (Å²) < 4.78 is 7.77. The van der Waals surface area contributed by atoms with Crippen LogP contribution in [-0.2, 0) is 23.1 Å². The summed E-state index contributed by atoms with van der Waals surface area (Å²) in [6.07, 6.45) is 4.59. The van der Waals surface area contributed by atoms with E-state index in [1.807, 2.05) is 48.1 Å². The van der Waals surface area contributed by atoms with Crippen LogP contribution in [0.15, 0.2) is 79.0 Å². The van der Waals surface area contributed by atoms with E-state index in [1.165, 1.54) is 0 Å². The van der Waals surface area contributed by atoms with Crippen LogP contribution in [0.4, 0.5) is 0 Å². The molecular formula is C31H32N2O5. The summed E-state index contributed by atoms with van der Waals surface area (Å²) in [5, 5.41) is 8.89. The topological polar surface area (TPSA) is 112 Å². The van der Waals surface area contributed by atoms with Crippen molar-refractivity contribution in [2.75, 3.05) is 6.61 Å². The molecule has 1 aromatic heterocycles. The number of aryl methyl sites for hydroxylation is 1. The van der Waals surface area contributed by atoms with Gasteiger partial charge in [0.05, 0.1) is 6.61 Å². The molecular weight excluding hydrogens is 480 g/mol. The summed E-state index contributed by atoms with van der Waals surface area (Å²) in [5.41, 5.74) is 10.8. The van der Waals surface area contributed by atoms with Gasteiger partial charge in [-0.2, -0.15) is 0 Å². The summed E-state index contributed by atoms with van der Waals surface area (Å²) >= 11 is 0. The van der Waals surface area contributed by atoms with Crippen LogP contribution in [0.3, 0.4) is 0 Å². The van der Waals surface area contributed by atoms with E-state index in [-0.39, 0.29) is 24.5 Å². The third-order valence-corrected chi connectivity index (χ3v) is 6.62.